The average molecular weight is 390 g/mol. The molecule has 2 aromatic carbocycles. The molecule has 0 bridgehead atoms. The van der Waals surface area contributed by atoms with Crippen LogP contribution in [0, 0.1) is 6.92 Å². The molecular formula is C23H22N2O4. The highest BCUT2D eigenvalue weighted by Gasteiger charge is 2.15. The fourth-order valence-corrected chi connectivity index (χ4v) is 2.59. The van der Waals surface area contributed by atoms with Gasteiger partial charge >= 0.3 is 0 Å². The predicted molar refractivity (Wildman–Crippen MR) is 110 cm³/mol. The summed E-state index contributed by atoms with van der Waals surface area (Å²) in [7, 11) is 1.55. The summed E-state index contributed by atoms with van der Waals surface area (Å²) in [5.41, 5.74) is 2.60. The lowest BCUT2D eigenvalue weighted by Gasteiger charge is -2.11. The number of ether oxygens (including phenoxy) is 1. The van der Waals surface area contributed by atoms with Gasteiger partial charge in [0.15, 0.2) is 0 Å². The van der Waals surface area contributed by atoms with E-state index in [0.29, 0.717) is 23.6 Å². The van der Waals surface area contributed by atoms with Crippen LogP contribution >= 0.6 is 0 Å². The minimum atomic E-state index is -0.413. The number of nitrogens with one attached hydrogen (secondary N) is 2. The quantitative estimate of drug-likeness (QED) is 0.603. The lowest BCUT2D eigenvalue weighted by atomic mass is 10.1. The lowest BCUT2D eigenvalue weighted by Crippen LogP contribution is -2.34. The Kier molecular flexibility index (Phi) is 6.47. The van der Waals surface area contributed by atoms with Gasteiger partial charge in [-0.2, -0.15) is 0 Å². The van der Waals surface area contributed by atoms with Crippen molar-refractivity contribution in [1.29, 1.82) is 0 Å². The predicted octanol–water partition coefficient (Wildman–Crippen LogP) is 3.68. The Hall–Kier alpha value is -3.80. The van der Waals surface area contributed by atoms with Crippen molar-refractivity contribution < 1.29 is 18.7 Å². The van der Waals surface area contributed by atoms with Crippen LogP contribution in [-0.2, 0) is 11.3 Å². The summed E-state index contributed by atoms with van der Waals surface area (Å²) in [5.74, 6) is 0.282. The Morgan fingerprint density at radius 1 is 1.03 bits per heavy atom. The molecule has 1 heterocycles. The number of carbonyl (C=O) groups excluding carboxylic acids is 2. The van der Waals surface area contributed by atoms with Crippen molar-refractivity contribution in [1.82, 2.24) is 10.6 Å². The maximum Gasteiger partial charge on any atom is 0.268 e. The summed E-state index contributed by atoms with van der Waals surface area (Å²) in [4.78, 5) is 25.3. The molecule has 2 N–H and O–H groups in total. The first kappa shape index (κ1) is 19.9. The van der Waals surface area contributed by atoms with Gasteiger partial charge in [-0.1, -0.05) is 29.8 Å². The molecule has 0 aliphatic heterocycles. The molecular weight excluding hydrogens is 368 g/mol. The number of hydrogen-bond donors (Lipinski definition) is 2. The zero-order valence-electron chi connectivity index (χ0n) is 16.3. The molecule has 0 spiro atoms. The van der Waals surface area contributed by atoms with E-state index in [9.17, 15) is 9.59 Å². The fraction of sp³-hybridized carbons (Fsp3) is 0.130. The largest absolute Gasteiger partial charge is 0.497 e. The Morgan fingerprint density at radius 3 is 2.38 bits per heavy atom. The normalized spacial score (nSPS) is 11.0. The summed E-state index contributed by atoms with van der Waals surface area (Å²) < 4.78 is 10.4. The van der Waals surface area contributed by atoms with Crippen LogP contribution in [0.2, 0.25) is 0 Å². The second kappa shape index (κ2) is 9.41. The van der Waals surface area contributed by atoms with E-state index in [-0.39, 0.29) is 5.70 Å². The third-order valence-corrected chi connectivity index (χ3v) is 4.25. The summed E-state index contributed by atoms with van der Waals surface area (Å²) in [6, 6.07) is 17.9. The number of rotatable bonds is 7. The maximum atomic E-state index is 12.7. The maximum absolute atomic E-state index is 12.7. The second-order valence-electron chi connectivity index (χ2n) is 6.42. The van der Waals surface area contributed by atoms with Gasteiger partial charge in [0.25, 0.3) is 11.8 Å². The first-order chi connectivity index (χ1) is 14.0. The number of benzene rings is 2. The number of hydrogen-bond acceptors (Lipinski definition) is 4. The molecule has 0 aliphatic rings. The van der Waals surface area contributed by atoms with Crippen LogP contribution in [0.1, 0.15) is 27.2 Å². The third-order valence-electron chi connectivity index (χ3n) is 4.25. The Morgan fingerprint density at radius 2 is 1.76 bits per heavy atom. The highest BCUT2D eigenvalue weighted by Crippen LogP contribution is 2.13. The smallest absolute Gasteiger partial charge is 0.268 e. The van der Waals surface area contributed by atoms with Crippen molar-refractivity contribution in [3.8, 4) is 5.75 Å². The number of carbonyl (C=O) groups is 2. The molecule has 6 heteroatoms. The zero-order valence-corrected chi connectivity index (χ0v) is 16.3. The van der Waals surface area contributed by atoms with Crippen LogP contribution < -0.4 is 15.4 Å². The molecule has 0 atom stereocenters. The van der Waals surface area contributed by atoms with Crippen LogP contribution in [0.3, 0.4) is 0 Å². The van der Waals surface area contributed by atoms with Crippen LogP contribution in [0.5, 0.6) is 5.75 Å². The van der Waals surface area contributed by atoms with Crippen LogP contribution in [0.4, 0.5) is 0 Å². The van der Waals surface area contributed by atoms with E-state index in [4.69, 9.17) is 9.15 Å². The molecule has 29 heavy (non-hydrogen) atoms. The summed E-state index contributed by atoms with van der Waals surface area (Å²) >= 11 is 0. The molecule has 1 aromatic heterocycles. The average Bonchev–Trinajstić information content (AvgIpc) is 3.26. The molecule has 0 aliphatic carbocycles. The molecule has 0 unspecified atom stereocenters. The molecule has 3 aromatic rings. The van der Waals surface area contributed by atoms with Crippen molar-refractivity contribution in [2.24, 2.45) is 0 Å². The highest BCUT2D eigenvalue weighted by atomic mass is 16.5. The standard InChI is InChI=1S/C23H22N2O4/c1-16-5-7-17(8-6-16)15-24-23(27)21(14-20-4-3-13-29-20)25-22(26)18-9-11-19(28-2)12-10-18/h3-14H,15H2,1-2H3,(H,24,27)(H,25,26)/b21-14-. The van der Waals surface area contributed by atoms with Gasteiger partial charge < -0.3 is 19.8 Å². The number of furan rings is 1. The van der Waals surface area contributed by atoms with Crippen LogP contribution in [0.25, 0.3) is 6.08 Å². The highest BCUT2D eigenvalue weighted by molar-refractivity contribution is 6.05. The topological polar surface area (TPSA) is 80.6 Å². The zero-order chi connectivity index (χ0) is 20.6. The Labute approximate surface area is 169 Å². The van der Waals surface area contributed by atoms with Gasteiger partial charge in [0, 0.05) is 18.2 Å². The molecule has 3 rings (SSSR count). The molecule has 6 nitrogen and oxygen atoms in total. The van der Waals surface area contributed by atoms with E-state index in [1.54, 1.807) is 43.5 Å². The number of amides is 2. The Balaban J connectivity index is 1.74. The van der Waals surface area contributed by atoms with E-state index in [1.165, 1.54) is 12.3 Å². The van der Waals surface area contributed by atoms with Gasteiger partial charge in [-0.25, -0.2) is 0 Å². The van der Waals surface area contributed by atoms with E-state index >= 15 is 0 Å². The Bertz CT molecular complexity index is 988. The fourth-order valence-electron chi connectivity index (χ4n) is 2.59. The minimum absolute atomic E-state index is 0.0906. The van der Waals surface area contributed by atoms with Crippen molar-refractivity contribution in [2.75, 3.05) is 7.11 Å². The van der Waals surface area contributed by atoms with Crippen molar-refractivity contribution in [3.05, 3.63) is 95.1 Å². The van der Waals surface area contributed by atoms with Gasteiger partial charge in [0.05, 0.1) is 13.4 Å². The molecule has 0 saturated heterocycles. The summed E-state index contributed by atoms with van der Waals surface area (Å²) in [5, 5.41) is 5.49. The van der Waals surface area contributed by atoms with Crippen molar-refractivity contribution in [3.63, 3.8) is 0 Å². The molecule has 0 saturated carbocycles. The van der Waals surface area contributed by atoms with Crippen molar-refractivity contribution in [2.45, 2.75) is 13.5 Å². The van der Waals surface area contributed by atoms with E-state index < -0.39 is 11.8 Å². The lowest BCUT2D eigenvalue weighted by molar-refractivity contribution is -0.117. The first-order valence-electron chi connectivity index (χ1n) is 9.09. The van der Waals surface area contributed by atoms with E-state index in [2.05, 4.69) is 10.6 Å². The van der Waals surface area contributed by atoms with Gasteiger partial charge in [0.1, 0.15) is 17.2 Å². The molecule has 0 radical (unpaired) electrons. The van der Waals surface area contributed by atoms with E-state index in [1.807, 2.05) is 31.2 Å². The molecule has 148 valence electrons. The van der Waals surface area contributed by atoms with Gasteiger partial charge in [-0.3, -0.25) is 9.59 Å². The van der Waals surface area contributed by atoms with Gasteiger partial charge in [-0.05, 0) is 48.9 Å². The number of methoxy groups -OCH3 is 1. The summed E-state index contributed by atoms with van der Waals surface area (Å²) in [6.07, 6.45) is 2.99. The van der Waals surface area contributed by atoms with Crippen molar-refractivity contribution >= 4 is 17.9 Å². The summed E-state index contributed by atoms with van der Waals surface area (Å²) in [6.45, 7) is 2.34. The molecule has 2 amide bonds. The first-order valence-corrected chi connectivity index (χ1v) is 9.09. The van der Waals surface area contributed by atoms with Crippen LogP contribution in [-0.4, -0.2) is 18.9 Å². The minimum Gasteiger partial charge on any atom is -0.497 e. The SMILES string of the molecule is COc1ccc(C(=O)N/C(=C\c2ccco2)C(=O)NCc2ccc(C)cc2)cc1. The van der Waals surface area contributed by atoms with E-state index in [0.717, 1.165) is 11.1 Å². The third kappa shape index (κ3) is 5.59. The second-order valence-corrected chi connectivity index (χ2v) is 6.42. The molecule has 0 fully saturated rings. The van der Waals surface area contributed by atoms with Gasteiger partial charge in [-0.15, -0.1) is 0 Å². The number of aryl methyl sites for hydroxylation is 1. The monoisotopic (exact) mass is 390 g/mol. The van der Waals surface area contributed by atoms with Gasteiger partial charge in [0.2, 0.25) is 0 Å². The van der Waals surface area contributed by atoms with Crippen LogP contribution in [0.15, 0.2) is 77.0 Å².